The lowest BCUT2D eigenvalue weighted by atomic mass is 10.1. The fraction of sp³-hybridized carbons (Fsp3) is 0.489. The average molecular weight is 904 g/mol. The van der Waals surface area contributed by atoms with E-state index in [0.717, 1.165) is 19.6 Å². The van der Waals surface area contributed by atoms with Gasteiger partial charge in [0.25, 0.3) is 0 Å². The maximum absolute atomic E-state index is 3.17. The van der Waals surface area contributed by atoms with E-state index in [1.54, 1.807) is 0 Å². The summed E-state index contributed by atoms with van der Waals surface area (Å²) in [5.41, 5.74) is 6.37. The first-order chi connectivity index (χ1) is 24.1. The molecule has 4 rings (SSSR count). The van der Waals surface area contributed by atoms with Crippen LogP contribution in [0.3, 0.4) is 0 Å². The lowest BCUT2D eigenvalue weighted by molar-refractivity contribution is -0.697. The van der Waals surface area contributed by atoms with Crippen LogP contribution in [0.15, 0.2) is 97.8 Å². The van der Waals surface area contributed by atoms with Gasteiger partial charge in [0, 0.05) is 55.8 Å². The van der Waals surface area contributed by atoms with Crippen LogP contribution in [0, 0.1) is 0 Å². The van der Waals surface area contributed by atoms with E-state index in [4.69, 9.17) is 0 Å². The zero-order valence-corrected chi connectivity index (χ0v) is 37.4. The number of rotatable bonds is 22. The monoisotopic (exact) mass is 900 g/mol. The second-order valence-electron chi connectivity index (χ2n) is 13.6. The van der Waals surface area contributed by atoms with Crippen molar-refractivity contribution in [1.29, 1.82) is 0 Å². The number of unbranched alkanes of at least 4 members (excludes halogenated alkanes) is 13. The van der Waals surface area contributed by atoms with Gasteiger partial charge in [-0.25, -0.2) is 13.7 Å². The van der Waals surface area contributed by atoms with E-state index in [-0.39, 0.29) is 50.9 Å². The number of hydrogen-bond acceptors (Lipinski definition) is 1. The number of nitrogens with zero attached hydrogens (tertiary/aromatic N) is 3. The summed E-state index contributed by atoms with van der Waals surface area (Å²) in [5.74, 6) is 0. The topological polar surface area (TPSA) is 23.7 Å². The molecular weight excluding hydrogens is 836 g/mol. The molecule has 1 aromatic carbocycles. The molecule has 0 bridgehead atoms. The number of pyridine rings is 3. The molecule has 3 heterocycles. The summed E-state index contributed by atoms with van der Waals surface area (Å²) < 4.78 is 6.67. The summed E-state index contributed by atoms with van der Waals surface area (Å²) in [5, 5.41) is 3.17. The first kappa shape index (κ1) is 49.8. The van der Waals surface area contributed by atoms with Crippen LogP contribution in [0.2, 0.25) is 0 Å². The molecule has 1 N–H and O–H groups in total. The van der Waals surface area contributed by atoms with Gasteiger partial charge in [0.1, 0.15) is 20.1 Å². The van der Waals surface area contributed by atoms with E-state index in [9.17, 15) is 0 Å². The molecule has 0 unspecified atom stereocenters. The highest BCUT2D eigenvalue weighted by atomic mass is 79.9. The molecule has 0 aliphatic rings. The molecule has 7 heteroatoms. The van der Waals surface area contributed by atoms with Crippen molar-refractivity contribution in [3.05, 3.63) is 115 Å². The van der Waals surface area contributed by atoms with Gasteiger partial charge in [0.15, 0.2) is 37.2 Å². The second kappa shape index (κ2) is 32.3. The molecule has 3 aromatic heterocycles. The summed E-state index contributed by atoms with van der Waals surface area (Å²) in [7, 11) is 4.02. The lowest BCUT2D eigenvalue weighted by Gasteiger charge is -2.02. The molecule has 4 aromatic rings. The maximum Gasteiger partial charge on any atom is 0.169 e. The minimum absolute atomic E-state index is 0. The minimum Gasteiger partial charge on any atom is -1.00 e. The Morgan fingerprint density at radius 2 is 0.827 bits per heavy atom. The van der Waals surface area contributed by atoms with E-state index < -0.39 is 0 Å². The lowest BCUT2D eigenvalue weighted by Crippen LogP contribution is -3.00. The Bertz CT molecular complexity index is 1410. The van der Waals surface area contributed by atoms with Crippen molar-refractivity contribution in [1.82, 2.24) is 5.32 Å². The Labute approximate surface area is 349 Å². The summed E-state index contributed by atoms with van der Waals surface area (Å²) in [4.78, 5) is 0. The quantitative estimate of drug-likeness (QED) is 0.0934. The van der Waals surface area contributed by atoms with Crippen molar-refractivity contribution in [3.63, 3.8) is 0 Å². The number of benzene rings is 1. The molecule has 4 nitrogen and oxygen atoms in total. The van der Waals surface area contributed by atoms with Gasteiger partial charge in [0.05, 0.1) is 0 Å². The van der Waals surface area contributed by atoms with Crippen LogP contribution in [0.4, 0.5) is 0 Å². The molecular formula is C45H67Br3N4. The Morgan fingerprint density at radius 3 is 1.25 bits per heavy atom. The zero-order valence-electron chi connectivity index (χ0n) is 32.6. The van der Waals surface area contributed by atoms with Crippen molar-refractivity contribution < 1.29 is 64.6 Å². The number of halogens is 3. The van der Waals surface area contributed by atoms with Crippen molar-refractivity contribution in [3.8, 4) is 11.1 Å². The highest BCUT2D eigenvalue weighted by Gasteiger charge is 2.05. The highest BCUT2D eigenvalue weighted by Crippen LogP contribution is 2.16. The summed E-state index contributed by atoms with van der Waals surface area (Å²) in [6.07, 6.45) is 38.0. The predicted octanol–water partition coefficient (Wildman–Crippen LogP) is 1.23. The Hall–Kier alpha value is -2.19. The molecule has 0 saturated carbocycles. The predicted molar refractivity (Wildman–Crippen MR) is 209 cm³/mol. The third kappa shape index (κ3) is 22.1. The SMILES string of the molecule is CCCCCCCCCCCC[n+]1ccc(-c2cc[n+](C)cc2)cc1.CCCCCCC[n+]1ccc(/C=C/c2ccc(CNC)cc2)cc1.[Br-].[Br-].[Br-]. The van der Waals surface area contributed by atoms with Crippen LogP contribution < -0.4 is 70.0 Å². The number of hydrogen-bond donors (Lipinski definition) is 1. The van der Waals surface area contributed by atoms with Crippen molar-refractivity contribution >= 4 is 12.2 Å². The van der Waals surface area contributed by atoms with Gasteiger partial charge in [-0.05, 0) is 47.7 Å². The number of aromatic nitrogens is 3. The first-order valence-corrected chi connectivity index (χ1v) is 19.5. The zero-order chi connectivity index (χ0) is 34.8. The Kier molecular flexibility index (Phi) is 30.9. The molecule has 0 spiro atoms. The van der Waals surface area contributed by atoms with Crippen LogP contribution >= 0.6 is 0 Å². The Morgan fingerprint density at radius 1 is 0.462 bits per heavy atom. The van der Waals surface area contributed by atoms with Crippen LogP contribution in [0.1, 0.15) is 127 Å². The average Bonchev–Trinajstić information content (AvgIpc) is 3.13. The molecule has 0 aliphatic heterocycles. The van der Waals surface area contributed by atoms with E-state index in [2.05, 4.69) is 150 Å². The molecule has 0 amide bonds. The highest BCUT2D eigenvalue weighted by molar-refractivity contribution is 5.69. The third-order valence-corrected chi connectivity index (χ3v) is 9.24. The summed E-state index contributed by atoms with van der Waals surface area (Å²) in [6.45, 7) is 7.73. The maximum atomic E-state index is 3.17. The van der Waals surface area contributed by atoms with Gasteiger partial charge in [0.2, 0.25) is 0 Å². The molecule has 0 aliphatic carbocycles. The van der Waals surface area contributed by atoms with E-state index >= 15 is 0 Å². The smallest absolute Gasteiger partial charge is 0.169 e. The van der Waals surface area contributed by atoms with Crippen LogP contribution in [0.25, 0.3) is 23.3 Å². The molecule has 52 heavy (non-hydrogen) atoms. The molecule has 288 valence electrons. The Balaban J connectivity index is 0.000000946. The van der Waals surface area contributed by atoms with Gasteiger partial charge in [-0.3, -0.25) is 0 Å². The number of nitrogens with one attached hydrogen (secondary N) is 1. The van der Waals surface area contributed by atoms with Crippen LogP contribution in [0.5, 0.6) is 0 Å². The van der Waals surface area contributed by atoms with Crippen LogP contribution in [-0.2, 0) is 26.7 Å². The van der Waals surface area contributed by atoms with Crippen molar-refractivity contribution in [2.75, 3.05) is 7.05 Å². The van der Waals surface area contributed by atoms with Gasteiger partial charge in [-0.15, -0.1) is 0 Å². The standard InChI is InChI=1S/C23H36N2.C22H31N2.3BrH/c1-3-4-5-6-7-8-9-10-11-12-17-25-20-15-23(16-21-25)22-13-18-24(2)19-14-22;1-3-4-5-6-7-16-24-17-14-21(15-18-24)9-8-20-10-12-22(13-11-20)19-23-2;;;/h13-16,18-21H,3-12,17H2,1-2H3;8-15,17-18,23H,3-7,16,19H2,1-2H3;3*1H/q+2;+1;;;/p-3/b;9-8+;;;. The molecule has 0 radical (unpaired) electrons. The fourth-order valence-electron chi connectivity index (χ4n) is 6.04. The summed E-state index contributed by atoms with van der Waals surface area (Å²) in [6, 6.07) is 21.9. The van der Waals surface area contributed by atoms with Gasteiger partial charge in [-0.2, -0.15) is 0 Å². The van der Waals surface area contributed by atoms with Crippen LogP contribution in [-0.4, -0.2) is 7.05 Å². The van der Waals surface area contributed by atoms with Crippen molar-refractivity contribution in [2.45, 2.75) is 130 Å². The van der Waals surface area contributed by atoms with Gasteiger partial charge < -0.3 is 56.3 Å². The minimum atomic E-state index is 0. The summed E-state index contributed by atoms with van der Waals surface area (Å²) >= 11 is 0. The third-order valence-electron chi connectivity index (χ3n) is 9.24. The molecule has 0 atom stereocenters. The van der Waals surface area contributed by atoms with Crippen molar-refractivity contribution in [2.24, 2.45) is 7.05 Å². The molecule has 0 saturated heterocycles. The van der Waals surface area contributed by atoms with E-state index in [1.165, 1.54) is 124 Å². The van der Waals surface area contributed by atoms with E-state index in [0.29, 0.717) is 0 Å². The fourth-order valence-corrected chi connectivity index (χ4v) is 6.04. The van der Waals surface area contributed by atoms with E-state index in [1.807, 2.05) is 7.05 Å². The van der Waals surface area contributed by atoms with Gasteiger partial charge in [-0.1, -0.05) is 121 Å². The number of aryl methyl sites for hydroxylation is 3. The second-order valence-corrected chi connectivity index (χ2v) is 13.6. The molecule has 0 fully saturated rings. The first-order valence-electron chi connectivity index (χ1n) is 19.5. The van der Waals surface area contributed by atoms with Gasteiger partial charge >= 0.3 is 0 Å². The normalized spacial score (nSPS) is 10.5. The largest absolute Gasteiger partial charge is 1.00 e.